The van der Waals surface area contributed by atoms with Crippen molar-refractivity contribution in [2.24, 2.45) is 0 Å². The molecular weight excluding hydrogens is 957 g/mol. The van der Waals surface area contributed by atoms with Gasteiger partial charge in [0.05, 0.1) is 45.7 Å². The molecule has 6 atom stereocenters. The molecule has 2 fully saturated rings. The fourth-order valence-electron chi connectivity index (χ4n) is 8.22. The number of aromatic amines is 2. The zero-order chi connectivity index (χ0) is 49.7. The summed E-state index contributed by atoms with van der Waals surface area (Å²) in [5, 5.41) is 37.7. The number of aromatic nitrogens is 10. The number of hydrogen-bond acceptors (Lipinski definition) is 16. The van der Waals surface area contributed by atoms with Gasteiger partial charge in [-0.25, -0.2) is 35.8 Å². The molecule has 0 bridgehead atoms. The minimum atomic E-state index is -3.99. The second-order valence-corrected chi connectivity index (χ2v) is 32.4. The van der Waals surface area contributed by atoms with Crippen LogP contribution in [0.4, 0.5) is 0 Å². The van der Waals surface area contributed by atoms with E-state index in [9.17, 15) is 46.2 Å². The van der Waals surface area contributed by atoms with Crippen LogP contribution < -0.4 is 33.1 Å². The number of aliphatic hydroxyl groups is 2. The van der Waals surface area contributed by atoms with Crippen molar-refractivity contribution in [3.05, 3.63) is 126 Å². The molecule has 6 heterocycles. The van der Waals surface area contributed by atoms with Crippen LogP contribution in [0.3, 0.4) is 0 Å². The summed E-state index contributed by atoms with van der Waals surface area (Å²) in [5.74, 6) is 0. The number of benzene rings is 2. The molecule has 26 heteroatoms. The maximum atomic E-state index is 13.7. The number of aryl methyl sites for hydroxylation is 2. The lowest BCUT2D eigenvalue weighted by molar-refractivity contribution is -0.0329. The number of ether oxygens (including phenoxy) is 2. The molecule has 6 aromatic rings. The molecule has 364 valence electrons. The molecule has 2 saturated heterocycles. The normalized spacial score (nSPS) is 21.1. The molecule has 0 radical (unpaired) electrons. The summed E-state index contributed by atoms with van der Waals surface area (Å²) in [6.07, 6.45) is -0.0493. The van der Waals surface area contributed by atoms with Gasteiger partial charge in [0.1, 0.15) is 40.8 Å². The summed E-state index contributed by atoms with van der Waals surface area (Å²) in [6, 6.07) is 14.8. The summed E-state index contributed by atoms with van der Waals surface area (Å²) >= 11 is 0. The molecule has 0 spiro atoms. The maximum Gasteiger partial charge on any atom is 0.330 e. The largest absolute Gasteiger partial charge is 0.394 e. The Morgan fingerprint density at radius 3 is 1.49 bits per heavy atom. The van der Waals surface area contributed by atoms with E-state index in [4.69, 9.17) is 9.47 Å². The number of nitrogens with one attached hydrogen (secondary N) is 2. The Labute approximate surface area is 392 Å². The summed E-state index contributed by atoms with van der Waals surface area (Å²) in [5.41, 5.74) is -1.61. The molecule has 22 nitrogen and oxygen atoms in total. The number of nitrogens with zero attached hydrogens (tertiary/aromatic N) is 8. The Morgan fingerprint density at radius 1 is 0.632 bits per heavy atom. The number of H-pyrrole nitrogens is 2. The molecule has 0 unspecified atom stereocenters. The molecule has 4 N–H and O–H groups in total. The van der Waals surface area contributed by atoms with E-state index in [0.717, 1.165) is 0 Å². The van der Waals surface area contributed by atoms with E-state index in [1.54, 1.807) is 54.9 Å². The Morgan fingerprint density at radius 2 is 1.06 bits per heavy atom. The first-order valence-electron chi connectivity index (χ1n) is 21.6. The summed E-state index contributed by atoms with van der Waals surface area (Å²) in [6.45, 7) is 14.2. The topological polar surface area (TPSA) is 298 Å². The number of sulfone groups is 2. The molecule has 8 rings (SSSR count). The molecule has 2 aliphatic rings. The van der Waals surface area contributed by atoms with Gasteiger partial charge in [-0.2, -0.15) is 0 Å². The predicted octanol–water partition coefficient (Wildman–Crippen LogP) is 0.671. The highest BCUT2D eigenvalue weighted by atomic mass is 32.2. The van der Waals surface area contributed by atoms with Crippen molar-refractivity contribution in [1.82, 2.24) is 49.1 Å². The highest BCUT2D eigenvalue weighted by molar-refractivity contribution is 7.92. The average molecular weight is 1010 g/mol. The van der Waals surface area contributed by atoms with Crippen LogP contribution in [0.1, 0.15) is 48.5 Å². The standard InChI is InChI=1S/2C21H27N5O6SSi/c1-13-11-25(21(29)22-18(13)28)17-10-15(16(12-27)32-17)26-20(19(23-24-26)34(2,3)4)33(30,31)14-8-6-5-7-9-14;1-13-11-25(21(29)22-18(13)28)17-10-15(16(12-27)32-17)26-20(34(2,3)4)19(23-24-26)33(30,31)14-8-6-5-7-9-14/h2*5-9,11,15-17,27H,10,12H2,1-4H3,(H,22,28,29)/t2*15-,16+,17+/m00/s1. The Kier molecular flexibility index (Phi) is 14.0. The molecular formula is C42H54N10O12S2Si2. The molecule has 0 saturated carbocycles. The lowest BCUT2D eigenvalue weighted by Gasteiger charge is -2.24. The zero-order valence-corrected chi connectivity index (χ0v) is 42.2. The highest BCUT2D eigenvalue weighted by Crippen LogP contribution is 2.39. The average Bonchev–Trinajstić information content (AvgIpc) is 4.11. The monoisotopic (exact) mass is 1010 g/mol. The van der Waals surface area contributed by atoms with E-state index in [1.807, 2.05) is 39.3 Å². The molecule has 0 aliphatic carbocycles. The van der Waals surface area contributed by atoms with Crippen molar-refractivity contribution in [1.29, 1.82) is 0 Å². The van der Waals surface area contributed by atoms with Gasteiger partial charge in [-0.15, -0.1) is 10.2 Å². The van der Waals surface area contributed by atoms with Gasteiger partial charge in [0, 0.05) is 36.4 Å². The minimum absolute atomic E-state index is 0.0180. The van der Waals surface area contributed by atoms with E-state index in [-0.39, 0.29) is 39.3 Å². The lowest BCUT2D eigenvalue weighted by atomic mass is 10.1. The van der Waals surface area contributed by atoms with Crippen LogP contribution in [0, 0.1) is 13.8 Å². The molecule has 2 aromatic carbocycles. The smallest absolute Gasteiger partial charge is 0.330 e. The van der Waals surface area contributed by atoms with Crippen LogP contribution in [0.2, 0.25) is 39.3 Å². The van der Waals surface area contributed by atoms with Gasteiger partial charge in [-0.1, -0.05) is 86.1 Å². The third-order valence-electron chi connectivity index (χ3n) is 11.7. The first kappa shape index (κ1) is 50.1. The van der Waals surface area contributed by atoms with Gasteiger partial charge < -0.3 is 19.7 Å². The fraction of sp³-hybridized carbons (Fsp3) is 0.429. The van der Waals surface area contributed by atoms with Gasteiger partial charge >= 0.3 is 11.4 Å². The van der Waals surface area contributed by atoms with E-state index in [2.05, 4.69) is 30.6 Å². The summed E-state index contributed by atoms with van der Waals surface area (Å²) in [7, 11) is -12.5. The van der Waals surface area contributed by atoms with Crippen LogP contribution in [0.5, 0.6) is 0 Å². The second-order valence-electron chi connectivity index (χ2n) is 18.7. The first-order chi connectivity index (χ1) is 31.9. The summed E-state index contributed by atoms with van der Waals surface area (Å²) < 4.78 is 71.6. The Balaban J connectivity index is 0.000000201. The molecule has 2 aliphatic heterocycles. The summed E-state index contributed by atoms with van der Waals surface area (Å²) in [4.78, 5) is 53.0. The number of aliphatic hydroxyl groups excluding tert-OH is 2. The van der Waals surface area contributed by atoms with E-state index < -0.39 is 102 Å². The van der Waals surface area contributed by atoms with Crippen molar-refractivity contribution in [3.8, 4) is 0 Å². The van der Waals surface area contributed by atoms with Gasteiger partial charge in [0.25, 0.3) is 11.1 Å². The van der Waals surface area contributed by atoms with Crippen molar-refractivity contribution < 1.29 is 36.5 Å². The zero-order valence-electron chi connectivity index (χ0n) is 38.6. The highest BCUT2D eigenvalue weighted by Gasteiger charge is 2.45. The van der Waals surface area contributed by atoms with E-state index in [1.165, 1.54) is 50.5 Å². The fourth-order valence-corrected chi connectivity index (χ4v) is 16.2. The molecule has 4 aromatic heterocycles. The third kappa shape index (κ3) is 9.63. The number of rotatable bonds is 12. The Bertz CT molecular complexity index is 3290. The van der Waals surface area contributed by atoms with Gasteiger partial charge in [0.2, 0.25) is 24.7 Å². The van der Waals surface area contributed by atoms with Crippen molar-refractivity contribution in [3.63, 3.8) is 0 Å². The predicted molar refractivity (Wildman–Crippen MR) is 251 cm³/mol. The first-order valence-corrected chi connectivity index (χ1v) is 31.5. The van der Waals surface area contributed by atoms with Gasteiger partial charge in [-0.05, 0) is 38.1 Å². The maximum absolute atomic E-state index is 13.7. The second kappa shape index (κ2) is 19.0. The van der Waals surface area contributed by atoms with Gasteiger partial charge in [0.15, 0.2) is 5.03 Å². The third-order valence-corrected chi connectivity index (χ3v) is 19.1. The number of hydrogen-bond donors (Lipinski definition) is 4. The van der Waals surface area contributed by atoms with Crippen molar-refractivity contribution in [2.45, 2.75) is 123 Å². The van der Waals surface area contributed by atoms with Crippen molar-refractivity contribution >= 4 is 46.5 Å². The van der Waals surface area contributed by atoms with E-state index in [0.29, 0.717) is 21.8 Å². The Hall–Kier alpha value is -5.75. The van der Waals surface area contributed by atoms with Crippen LogP contribution in [-0.4, -0.2) is 118 Å². The minimum Gasteiger partial charge on any atom is -0.394 e. The quantitative estimate of drug-likeness (QED) is 0.123. The van der Waals surface area contributed by atoms with Gasteiger partial charge in [-0.3, -0.25) is 28.7 Å². The molecule has 68 heavy (non-hydrogen) atoms. The molecule has 0 amide bonds. The van der Waals surface area contributed by atoms with Crippen molar-refractivity contribution in [2.75, 3.05) is 13.2 Å². The lowest BCUT2D eigenvalue weighted by Crippen LogP contribution is -2.48. The van der Waals surface area contributed by atoms with Crippen LogP contribution in [0.15, 0.2) is 112 Å². The van der Waals surface area contributed by atoms with Crippen LogP contribution >= 0.6 is 0 Å². The van der Waals surface area contributed by atoms with Crippen LogP contribution in [-0.2, 0) is 29.1 Å². The van der Waals surface area contributed by atoms with Crippen LogP contribution in [0.25, 0.3) is 0 Å². The van der Waals surface area contributed by atoms with E-state index >= 15 is 0 Å². The SMILES string of the molecule is Cc1cn([C@H]2C[C@H](n3nnc(S(=O)(=O)c4ccccc4)c3[Si](C)(C)C)[C@@H](CO)O2)c(=O)[nH]c1=O.Cc1cn([C@H]2C[C@H](n3nnc([Si](C)(C)C)c3S(=O)(=O)c3ccccc3)[C@@H](CO)O2)c(=O)[nH]c1=O.